The Balaban J connectivity index is 1.77. The molecule has 1 aromatic carbocycles. The van der Waals surface area contributed by atoms with Crippen LogP contribution in [0.4, 0.5) is 0 Å². The molecule has 1 aliphatic carbocycles. The smallest absolute Gasteiger partial charge is 0.225 e. The van der Waals surface area contributed by atoms with Crippen molar-refractivity contribution in [2.24, 2.45) is 17.8 Å². The van der Waals surface area contributed by atoms with Crippen LogP contribution in [-0.4, -0.2) is 36.3 Å². The van der Waals surface area contributed by atoms with Crippen molar-refractivity contribution in [3.63, 3.8) is 0 Å². The van der Waals surface area contributed by atoms with Gasteiger partial charge < -0.3 is 10.2 Å². The minimum absolute atomic E-state index is 0.0889. The van der Waals surface area contributed by atoms with Gasteiger partial charge in [-0.05, 0) is 31.2 Å². The van der Waals surface area contributed by atoms with Crippen LogP contribution in [0.15, 0.2) is 24.3 Å². The first-order chi connectivity index (χ1) is 12.5. The lowest BCUT2D eigenvalue weighted by Gasteiger charge is -2.20. The standard InChI is InChI=1S/C22H32N2O2/c1-15(2)12-23-21(25)20-14-24(22(26)18-6-4-5-7-18)13-19(20)17-10-8-16(3)9-11-17/h8-11,15,18-20H,4-7,12-14H2,1-3H3,(H,23,25). The first-order valence-electron chi connectivity index (χ1n) is 10.1. The average Bonchev–Trinajstić information content (AvgIpc) is 3.29. The predicted octanol–water partition coefficient (Wildman–Crippen LogP) is 3.50. The first-order valence-corrected chi connectivity index (χ1v) is 10.1. The van der Waals surface area contributed by atoms with E-state index in [0.29, 0.717) is 25.6 Å². The van der Waals surface area contributed by atoms with Gasteiger partial charge in [0.2, 0.25) is 11.8 Å². The highest BCUT2D eigenvalue weighted by atomic mass is 16.2. The molecule has 2 amide bonds. The monoisotopic (exact) mass is 356 g/mol. The summed E-state index contributed by atoms with van der Waals surface area (Å²) < 4.78 is 0. The van der Waals surface area contributed by atoms with Crippen LogP contribution in [0.1, 0.15) is 56.6 Å². The molecule has 1 N–H and O–H groups in total. The number of amides is 2. The number of hydrogen-bond donors (Lipinski definition) is 1. The van der Waals surface area contributed by atoms with Gasteiger partial charge in [-0.25, -0.2) is 0 Å². The van der Waals surface area contributed by atoms with E-state index in [1.165, 1.54) is 11.1 Å². The van der Waals surface area contributed by atoms with Crippen molar-refractivity contribution < 1.29 is 9.59 Å². The molecular weight excluding hydrogens is 324 g/mol. The van der Waals surface area contributed by atoms with Crippen LogP contribution >= 0.6 is 0 Å². The zero-order chi connectivity index (χ0) is 18.7. The van der Waals surface area contributed by atoms with Crippen molar-refractivity contribution in [3.8, 4) is 0 Å². The van der Waals surface area contributed by atoms with Gasteiger partial charge in [0, 0.05) is 31.5 Å². The molecule has 4 heteroatoms. The zero-order valence-electron chi connectivity index (χ0n) is 16.3. The van der Waals surface area contributed by atoms with Gasteiger partial charge in [0.15, 0.2) is 0 Å². The summed E-state index contributed by atoms with van der Waals surface area (Å²) in [5, 5.41) is 3.09. The Morgan fingerprint density at radius 3 is 2.38 bits per heavy atom. The van der Waals surface area contributed by atoms with Crippen molar-refractivity contribution in [3.05, 3.63) is 35.4 Å². The maximum absolute atomic E-state index is 12.9. The number of carbonyl (C=O) groups excluding carboxylic acids is 2. The Hall–Kier alpha value is -1.84. The largest absolute Gasteiger partial charge is 0.356 e. The van der Waals surface area contributed by atoms with Gasteiger partial charge in [-0.2, -0.15) is 0 Å². The van der Waals surface area contributed by atoms with E-state index in [0.717, 1.165) is 25.7 Å². The van der Waals surface area contributed by atoms with Crippen LogP contribution < -0.4 is 5.32 Å². The third-order valence-electron chi connectivity index (χ3n) is 5.86. The highest BCUT2D eigenvalue weighted by Gasteiger charge is 2.42. The molecule has 4 nitrogen and oxygen atoms in total. The second kappa shape index (κ2) is 8.24. The summed E-state index contributed by atoms with van der Waals surface area (Å²) in [7, 11) is 0. The van der Waals surface area contributed by atoms with E-state index in [9.17, 15) is 9.59 Å². The molecule has 1 heterocycles. The number of nitrogens with one attached hydrogen (secondary N) is 1. The summed E-state index contributed by atoms with van der Waals surface area (Å²) in [5.41, 5.74) is 2.38. The fourth-order valence-corrected chi connectivity index (χ4v) is 4.27. The molecular formula is C22H32N2O2. The zero-order valence-corrected chi connectivity index (χ0v) is 16.3. The number of rotatable bonds is 5. The summed E-state index contributed by atoms with van der Waals surface area (Å²) in [6.45, 7) is 8.17. The predicted molar refractivity (Wildman–Crippen MR) is 104 cm³/mol. The van der Waals surface area contributed by atoms with Gasteiger partial charge >= 0.3 is 0 Å². The number of aryl methyl sites for hydroxylation is 1. The Bertz CT molecular complexity index is 632. The third kappa shape index (κ3) is 4.28. The normalized spacial score (nSPS) is 23.6. The SMILES string of the molecule is Cc1ccc(C2CN(C(=O)C3CCCC3)CC2C(=O)NCC(C)C)cc1. The molecule has 0 spiro atoms. The number of likely N-dealkylation sites (tertiary alicyclic amines) is 1. The third-order valence-corrected chi connectivity index (χ3v) is 5.86. The number of carbonyl (C=O) groups is 2. The van der Waals surface area contributed by atoms with Crippen molar-refractivity contribution in [1.29, 1.82) is 0 Å². The molecule has 0 aromatic heterocycles. The minimum atomic E-state index is -0.151. The summed E-state index contributed by atoms with van der Waals surface area (Å²) in [6.07, 6.45) is 4.33. The van der Waals surface area contributed by atoms with Gasteiger partial charge in [-0.15, -0.1) is 0 Å². The lowest BCUT2D eigenvalue weighted by atomic mass is 9.88. The van der Waals surface area contributed by atoms with Crippen molar-refractivity contribution in [2.45, 2.75) is 52.4 Å². The van der Waals surface area contributed by atoms with Gasteiger partial charge in [-0.1, -0.05) is 56.5 Å². The van der Waals surface area contributed by atoms with Crippen LogP contribution in [0, 0.1) is 24.7 Å². The Kier molecular flexibility index (Phi) is 6.00. The van der Waals surface area contributed by atoms with E-state index >= 15 is 0 Å². The molecule has 0 bridgehead atoms. The second-order valence-corrected chi connectivity index (χ2v) is 8.49. The van der Waals surface area contributed by atoms with Gasteiger partial charge in [0.05, 0.1) is 5.92 Å². The second-order valence-electron chi connectivity index (χ2n) is 8.49. The van der Waals surface area contributed by atoms with E-state index in [-0.39, 0.29) is 29.6 Å². The molecule has 26 heavy (non-hydrogen) atoms. The van der Waals surface area contributed by atoms with E-state index in [4.69, 9.17) is 0 Å². The lowest BCUT2D eigenvalue weighted by molar-refractivity contribution is -0.134. The van der Waals surface area contributed by atoms with Crippen LogP contribution in [0.2, 0.25) is 0 Å². The summed E-state index contributed by atoms with van der Waals surface area (Å²) in [6, 6.07) is 8.43. The number of hydrogen-bond acceptors (Lipinski definition) is 2. The molecule has 0 radical (unpaired) electrons. The highest BCUT2D eigenvalue weighted by Crippen LogP contribution is 2.36. The number of benzene rings is 1. The summed E-state index contributed by atoms with van der Waals surface area (Å²) in [4.78, 5) is 27.7. The van der Waals surface area contributed by atoms with Crippen LogP contribution in [-0.2, 0) is 9.59 Å². The van der Waals surface area contributed by atoms with Crippen molar-refractivity contribution in [2.75, 3.05) is 19.6 Å². The quantitative estimate of drug-likeness (QED) is 0.878. The Morgan fingerprint density at radius 1 is 1.12 bits per heavy atom. The first kappa shape index (κ1) is 18.9. The van der Waals surface area contributed by atoms with E-state index in [2.05, 4.69) is 50.4 Å². The van der Waals surface area contributed by atoms with Gasteiger partial charge in [0.25, 0.3) is 0 Å². The summed E-state index contributed by atoms with van der Waals surface area (Å²) >= 11 is 0. The van der Waals surface area contributed by atoms with Crippen LogP contribution in [0.3, 0.4) is 0 Å². The molecule has 2 atom stereocenters. The lowest BCUT2D eigenvalue weighted by Crippen LogP contribution is -2.38. The molecule has 3 rings (SSSR count). The maximum Gasteiger partial charge on any atom is 0.225 e. The van der Waals surface area contributed by atoms with Crippen molar-refractivity contribution in [1.82, 2.24) is 10.2 Å². The Morgan fingerprint density at radius 2 is 1.77 bits per heavy atom. The topological polar surface area (TPSA) is 49.4 Å². The van der Waals surface area contributed by atoms with Gasteiger partial charge in [0.1, 0.15) is 0 Å². The minimum Gasteiger partial charge on any atom is -0.356 e. The molecule has 1 aliphatic heterocycles. The highest BCUT2D eigenvalue weighted by molar-refractivity contribution is 5.84. The number of nitrogens with zero attached hydrogens (tertiary/aromatic N) is 1. The fraction of sp³-hybridized carbons (Fsp3) is 0.636. The molecule has 2 fully saturated rings. The summed E-state index contributed by atoms with van der Waals surface area (Å²) in [5.74, 6) is 0.889. The van der Waals surface area contributed by atoms with E-state index in [1.54, 1.807) is 0 Å². The molecule has 142 valence electrons. The van der Waals surface area contributed by atoms with Crippen molar-refractivity contribution >= 4 is 11.8 Å². The van der Waals surface area contributed by atoms with E-state index in [1.807, 2.05) is 4.90 Å². The Labute approximate surface area is 157 Å². The molecule has 1 saturated heterocycles. The van der Waals surface area contributed by atoms with Crippen LogP contribution in [0.25, 0.3) is 0 Å². The molecule has 2 aliphatic rings. The molecule has 2 unspecified atom stereocenters. The maximum atomic E-state index is 12.9. The van der Waals surface area contributed by atoms with Crippen LogP contribution in [0.5, 0.6) is 0 Å². The molecule has 1 aromatic rings. The van der Waals surface area contributed by atoms with Gasteiger partial charge in [-0.3, -0.25) is 9.59 Å². The van der Waals surface area contributed by atoms with E-state index < -0.39 is 0 Å². The molecule has 1 saturated carbocycles. The average molecular weight is 357 g/mol. The fourth-order valence-electron chi connectivity index (χ4n) is 4.27.